The second-order valence-electron chi connectivity index (χ2n) is 4.54. The van der Waals surface area contributed by atoms with E-state index in [4.69, 9.17) is 18.0 Å². The van der Waals surface area contributed by atoms with E-state index in [9.17, 15) is 4.79 Å². The molecule has 3 N–H and O–H groups in total. The first-order chi connectivity index (χ1) is 9.47. The molecule has 5 nitrogen and oxygen atoms in total. The quantitative estimate of drug-likeness (QED) is 0.832. The number of rotatable bonds is 4. The van der Waals surface area contributed by atoms with E-state index >= 15 is 0 Å². The molecular formula is C14H16N4OS. The predicted octanol–water partition coefficient (Wildman–Crippen LogP) is 1.29. The van der Waals surface area contributed by atoms with E-state index in [1.165, 1.54) is 0 Å². The highest BCUT2D eigenvalue weighted by atomic mass is 32.1. The van der Waals surface area contributed by atoms with E-state index < -0.39 is 0 Å². The summed E-state index contributed by atoms with van der Waals surface area (Å²) >= 11 is 4.87. The highest BCUT2D eigenvalue weighted by Crippen LogP contribution is 2.07. The zero-order valence-corrected chi connectivity index (χ0v) is 12.2. The Hall–Kier alpha value is -2.21. The molecule has 1 heterocycles. The van der Waals surface area contributed by atoms with Gasteiger partial charge in [0.05, 0.1) is 5.69 Å². The lowest BCUT2D eigenvalue weighted by Crippen LogP contribution is -2.23. The Morgan fingerprint density at radius 1 is 1.35 bits per heavy atom. The number of aromatic nitrogens is 2. The SMILES string of the molecule is Cc1nn(C)cc1CNC(=O)c1ccc(C(N)=S)cc1. The molecule has 6 heteroatoms. The highest BCUT2D eigenvalue weighted by Gasteiger charge is 2.08. The van der Waals surface area contributed by atoms with Crippen LogP contribution in [-0.2, 0) is 13.6 Å². The standard InChI is InChI=1S/C14H16N4OS/c1-9-12(8-18(2)17-9)7-16-14(19)11-5-3-10(4-6-11)13(15)20/h3-6,8H,7H2,1-2H3,(H2,15,20)(H,16,19). The molecule has 1 amide bonds. The zero-order chi connectivity index (χ0) is 14.7. The molecule has 104 valence electrons. The van der Waals surface area contributed by atoms with Crippen molar-refractivity contribution < 1.29 is 4.79 Å². The minimum Gasteiger partial charge on any atom is -0.389 e. The van der Waals surface area contributed by atoms with Gasteiger partial charge in [-0.3, -0.25) is 9.48 Å². The number of hydrogen-bond donors (Lipinski definition) is 2. The minimum atomic E-state index is -0.136. The molecule has 0 bridgehead atoms. The van der Waals surface area contributed by atoms with E-state index in [2.05, 4.69) is 10.4 Å². The van der Waals surface area contributed by atoms with Gasteiger partial charge in [0, 0.05) is 36.5 Å². The van der Waals surface area contributed by atoms with Gasteiger partial charge in [0.2, 0.25) is 0 Å². The number of nitrogens with one attached hydrogen (secondary N) is 1. The van der Waals surface area contributed by atoms with Gasteiger partial charge in [-0.15, -0.1) is 0 Å². The van der Waals surface area contributed by atoms with E-state index in [0.717, 1.165) is 16.8 Å². The topological polar surface area (TPSA) is 72.9 Å². The molecule has 0 radical (unpaired) electrons. The molecule has 0 saturated heterocycles. The lowest BCUT2D eigenvalue weighted by molar-refractivity contribution is 0.0951. The molecule has 0 fully saturated rings. The lowest BCUT2D eigenvalue weighted by Gasteiger charge is -2.05. The Labute approximate surface area is 122 Å². The van der Waals surface area contributed by atoms with Gasteiger partial charge < -0.3 is 11.1 Å². The van der Waals surface area contributed by atoms with Crippen LogP contribution in [0.3, 0.4) is 0 Å². The van der Waals surface area contributed by atoms with Crippen molar-refractivity contribution in [1.29, 1.82) is 0 Å². The third-order valence-electron chi connectivity index (χ3n) is 2.99. The molecular weight excluding hydrogens is 272 g/mol. The highest BCUT2D eigenvalue weighted by molar-refractivity contribution is 7.80. The van der Waals surface area contributed by atoms with Gasteiger partial charge >= 0.3 is 0 Å². The van der Waals surface area contributed by atoms with Crippen LogP contribution in [-0.4, -0.2) is 20.7 Å². The summed E-state index contributed by atoms with van der Waals surface area (Å²) in [6.07, 6.45) is 1.89. The van der Waals surface area contributed by atoms with Crippen LogP contribution in [0.15, 0.2) is 30.5 Å². The van der Waals surface area contributed by atoms with Gasteiger partial charge in [0.25, 0.3) is 5.91 Å². The largest absolute Gasteiger partial charge is 0.389 e. The predicted molar refractivity (Wildman–Crippen MR) is 81.4 cm³/mol. The first kappa shape index (κ1) is 14.2. The van der Waals surface area contributed by atoms with E-state index in [1.807, 2.05) is 20.2 Å². The molecule has 2 aromatic rings. The van der Waals surface area contributed by atoms with Crippen LogP contribution in [0.1, 0.15) is 27.2 Å². The van der Waals surface area contributed by atoms with Crippen molar-refractivity contribution in [2.75, 3.05) is 0 Å². The van der Waals surface area contributed by atoms with Crippen LogP contribution in [0, 0.1) is 6.92 Å². The molecule has 0 unspecified atom stereocenters. The Bertz CT molecular complexity index is 646. The molecule has 0 aliphatic rings. The maximum atomic E-state index is 12.0. The van der Waals surface area contributed by atoms with Crippen molar-refractivity contribution in [3.8, 4) is 0 Å². The zero-order valence-electron chi connectivity index (χ0n) is 11.4. The molecule has 20 heavy (non-hydrogen) atoms. The van der Waals surface area contributed by atoms with Gasteiger partial charge in [0.15, 0.2) is 0 Å². The summed E-state index contributed by atoms with van der Waals surface area (Å²) in [5, 5.41) is 7.09. The Morgan fingerprint density at radius 2 is 1.95 bits per heavy atom. The van der Waals surface area contributed by atoms with Crippen molar-refractivity contribution in [3.05, 3.63) is 52.8 Å². The van der Waals surface area contributed by atoms with Crippen LogP contribution in [0.25, 0.3) is 0 Å². The van der Waals surface area contributed by atoms with Gasteiger partial charge in [-0.2, -0.15) is 5.10 Å². The first-order valence-corrected chi connectivity index (χ1v) is 6.55. The summed E-state index contributed by atoms with van der Waals surface area (Å²) in [5.41, 5.74) is 8.75. The number of aryl methyl sites for hydroxylation is 2. The summed E-state index contributed by atoms with van der Waals surface area (Å²) in [6, 6.07) is 6.90. The maximum Gasteiger partial charge on any atom is 0.251 e. The van der Waals surface area contributed by atoms with E-state index in [-0.39, 0.29) is 5.91 Å². The van der Waals surface area contributed by atoms with Gasteiger partial charge in [-0.05, 0) is 19.1 Å². The molecule has 0 aliphatic heterocycles. The molecule has 2 rings (SSSR count). The third-order valence-corrected chi connectivity index (χ3v) is 3.22. The fourth-order valence-corrected chi connectivity index (χ4v) is 2.02. The number of carbonyl (C=O) groups excluding carboxylic acids is 1. The fraction of sp³-hybridized carbons (Fsp3) is 0.214. The van der Waals surface area contributed by atoms with Gasteiger partial charge in [-0.25, -0.2) is 0 Å². The number of carbonyl (C=O) groups is 1. The van der Waals surface area contributed by atoms with Gasteiger partial charge in [-0.1, -0.05) is 24.4 Å². The van der Waals surface area contributed by atoms with Crippen molar-refractivity contribution in [1.82, 2.24) is 15.1 Å². The molecule has 0 spiro atoms. The average Bonchev–Trinajstić information content (AvgIpc) is 2.74. The minimum absolute atomic E-state index is 0.136. The Kier molecular flexibility index (Phi) is 4.14. The lowest BCUT2D eigenvalue weighted by atomic mass is 10.1. The van der Waals surface area contributed by atoms with Crippen LogP contribution in [0.4, 0.5) is 0 Å². The molecule has 1 aromatic heterocycles. The normalized spacial score (nSPS) is 10.3. The number of amides is 1. The molecule has 0 aliphatic carbocycles. The number of thiocarbonyl (C=S) groups is 1. The van der Waals surface area contributed by atoms with Crippen LogP contribution >= 0.6 is 12.2 Å². The second-order valence-corrected chi connectivity index (χ2v) is 4.98. The number of nitrogens with two attached hydrogens (primary N) is 1. The first-order valence-electron chi connectivity index (χ1n) is 6.14. The summed E-state index contributed by atoms with van der Waals surface area (Å²) in [4.78, 5) is 12.3. The Morgan fingerprint density at radius 3 is 2.45 bits per heavy atom. The summed E-state index contributed by atoms with van der Waals surface area (Å²) < 4.78 is 1.73. The van der Waals surface area contributed by atoms with Crippen LogP contribution < -0.4 is 11.1 Å². The maximum absolute atomic E-state index is 12.0. The van der Waals surface area contributed by atoms with Crippen molar-refractivity contribution >= 4 is 23.1 Å². The second kappa shape index (κ2) is 5.83. The number of benzene rings is 1. The average molecular weight is 288 g/mol. The van der Waals surface area contributed by atoms with Crippen molar-refractivity contribution in [2.24, 2.45) is 12.8 Å². The summed E-state index contributed by atoms with van der Waals surface area (Å²) in [6.45, 7) is 2.37. The summed E-state index contributed by atoms with van der Waals surface area (Å²) in [5.74, 6) is -0.136. The monoisotopic (exact) mass is 288 g/mol. The van der Waals surface area contributed by atoms with Crippen molar-refractivity contribution in [2.45, 2.75) is 13.5 Å². The fourth-order valence-electron chi connectivity index (χ4n) is 1.89. The molecule has 1 aromatic carbocycles. The number of hydrogen-bond acceptors (Lipinski definition) is 3. The Balaban J connectivity index is 2.01. The van der Waals surface area contributed by atoms with Crippen LogP contribution in [0.5, 0.6) is 0 Å². The smallest absolute Gasteiger partial charge is 0.251 e. The van der Waals surface area contributed by atoms with Gasteiger partial charge in [0.1, 0.15) is 4.99 Å². The third kappa shape index (κ3) is 3.21. The van der Waals surface area contributed by atoms with Crippen molar-refractivity contribution in [3.63, 3.8) is 0 Å². The molecule has 0 atom stereocenters. The molecule has 0 saturated carbocycles. The van der Waals surface area contributed by atoms with E-state index in [1.54, 1.807) is 28.9 Å². The summed E-state index contributed by atoms with van der Waals surface area (Å²) in [7, 11) is 1.85. The van der Waals surface area contributed by atoms with E-state index in [0.29, 0.717) is 17.1 Å². The van der Waals surface area contributed by atoms with Crippen LogP contribution in [0.2, 0.25) is 0 Å². The number of nitrogens with zero attached hydrogens (tertiary/aromatic N) is 2.